The summed E-state index contributed by atoms with van der Waals surface area (Å²) in [6.07, 6.45) is 1.80. The lowest BCUT2D eigenvalue weighted by Crippen LogP contribution is -2.32. The fourth-order valence-electron chi connectivity index (χ4n) is 2.60. The maximum Gasteiger partial charge on any atom is 0.345 e. The van der Waals surface area contributed by atoms with E-state index in [0.29, 0.717) is 5.69 Å². The summed E-state index contributed by atoms with van der Waals surface area (Å²) in [6.45, 7) is 2.58. The molecule has 1 aromatic carbocycles. The number of carbonyl (C=O) groups is 1. The van der Waals surface area contributed by atoms with Crippen LogP contribution < -0.4 is 4.90 Å². The molecule has 7 heteroatoms. The molecule has 7 nitrogen and oxygen atoms in total. The van der Waals surface area contributed by atoms with Gasteiger partial charge in [0.15, 0.2) is 0 Å². The number of anilines is 1. The number of nitro benzene ring substituents is 1. The van der Waals surface area contributed by atoms with Crippen LogP contribution in [0.3, 0.4) is 0 Å². The molecule has 1 saturated heterocycles. The molecule has 21 heavy (non-hydrogen) atoms. The van der Waals surface area contributed by atoms with E-state index in [4.69, 9.17) is 4.74 Å². The molecule has 1 aliphatic rings. The van der Waals surface area contributed by atoms with Crippen LogP contribution in [0.4, 0.5) is 11.4 Å². The van der Waals surface area contributed by atoms with Gasteiger partial charge in [0, 0.05) is 18.3 Å². The van der Waals surface area contributed by atoms with Crippen LogP contribution in [0.25, 0.3) is 0 Å². The van der Waals surface area contributed by atoms with Crippen molar-refractivity contribution in [3.8, 4) is 0 Å². The largest absolute Gasteiger partial charge is 0.462 e. The van der Waals surface area contributed by atoms with Crippen molar-refractivity contribution in [2.45, 2.75) is 25.8 Å². The summed E-state index contributed by atoms with van der Waals surface area (Å²) in [5, 5.41) is 20.4. The molecular weight excluding hydrogens is 276 g/mol. The van der Waals surface area contributed by atoms with Crippen LogP contribution in [0.5, 0.6) is 0 Å². The van der Waals surface area contributed by atoms with Gasteiger partial charge in [-0.2, -0.15) is 0 Å². The molecule has 0 unspecified atom stereocenters. The first-order chi connectivity index (χ1) is 10.1. The Kier molecular flexibility index (Phi) is 4.74. The van der Waals surface area contributed by atoms with Gasteiger partial charge in [0.2, 0.25) is 0 Å². The molecule has 1 heterocycles. The number of esters is 1. The third-order valence-corrected chi connectivity index (χ3v) is 3.59. The Balaban J connectivity index is 2.39. The van der Waals surface area contributed by atoms with Crippen LogP contribution in [-0.4, -0.2) is 41.8 Å². The molecular formula is C14H18N2O5. The molecule has 0 saturated carbocycles. The topological polar surface area (TPSA) is 92.9 Å². The number of nitrogens with zero attached hydrogens (tertiary/aromatic N) is 2. The molecule has 0 bridgehead atoms. The molecule has 0 radical (unpaired) electrons. The van der Waals surface area contributed by atoms with E-state index in [2.05, 4.69) is 0 Å². The van der Waals surface area contributed by atoms with Crippen molar-refractivity contribution in [2.24, 2.45) is 0 Å². The van der Waals surface area contributed by atoms with Gasteiger partial charge in [-0.05, 0) is 31.9 Å². The number of carbonyl (C=O) groups excluding carboxylic acids is 1. The lowest BCUT2D eigenvalue weighted by molar-refractivity contribution is -0.385. The van der Waals surface area contributed by atoms with E-state index in [1.807, 2.05) is 4.90 Å². The van der Waals surface area contributed by atoms with Gasteiger partial charge >= 0.3 is 5.97 Å². The van der Waals surface area contributed by atoms with Crippen LogP contribution in [0.1, 0.15) is 30.1 Å². The number of nitro groups is 1. The van der Waals surface area contributed by atoms with Crippen LogP contribution >= 0.6 is 0 Å². The first-order valence-corrected chi connectivity index (χ1v) is 6.91. The number of rotatable bonds is 5. The Morgan fingerprint density at radius 2 is 2.33 bits per heavy atom. The minimum Gasteiger partial charge on any atom is -0.462 e. The van der Waals surface area contributed by atoms with Gasteiger partial charge in [0.05, 0.1) is 24.2 Å². The van der Waals surface area contributed by atoms with Crippen LogP contribution in [0.2, 0.25) is 0 Å². The van der Waals surface area contributed by atoms with Gasteiger partial charge in [-0.15, -0.1) is 0 Å². The molecule has 0 aromatic heterocycles. The summed E-state index contributed by atoms with van der Waals surface area (Å²) in [6, 6.07) is 4.38. The number of hydrogen-bond acceptors (Lipinski definition) is 6. The van der Waals surface area contributed by atoms with Crippen LogP contribution in [0, 0.1) is 10.1 Å². The summed E-state index contributed by atoms with van der Waals surface area (Å²) in [5.74, 6) is -0.703. The van der Waals surface area contributed by atoms with E-state index in [9.17, 15) is 20.0 Å². The Morgan fingerprint density at radius 3 is 2.95 bits per heavy atom. The predicted molar refractivity (Wildman–Crippen MR) is 76.5 cm³/mol. The smallest absolute Gasteiger partial charge is 0.345 e. The summed E-state index contributed by atoms with van der Waals surface area (Å²) >= 11 is 0. The Hall–Kier alpha value is -2.15. The number of aliphatic hydroxyl groups excluding tert-OH is 1. The van der Waals surface area contributed by atoms with Gasteiger partial charge in [-0.25, -0.2) is 4.79 Å². The SMILES string of the molecule is CCOC(=O)c1cc(N2CCC[C@@H]2CO)ccc1[N+](=O)[O-]. The van der Waals surface area contributed by atoms with Crippen molar-refractivity contribution in [1.82, 2.24) is 0 Å². The summed E-state index contributed by atoms with van der Waals surface area (Å²) in [4.78, 5) is 24.3. The lowest BCUT2D eigenvalue weighted by Gasteiger charge is -2.25. The number of ether oxygens (including phenoxy) is 1. The first kappa shape index (κ1) is 15.2. The molecule has 2 rings (SSSR count). The summed E-state index contributed by atoms with van der Waals surface area (Å²) < 4.78 is 4.88. The van der Waals surface area contributed by atoms with Crippen molar-refractivity contribution >= 4 is 17.3 Å². The van der Waals surface area contributed by atoms with Gasteiger partial charge in [0.1, 0.15) is 5.56 Å². The Bertz CT molecular complexity index is 546. The average molecular weight is 294 g/mol. The van der Waals surface area contributed by atoms with Crippen LogP contribution in [-0.2, 0) is 4.74 Å². The molecule has 1 aromatic rings. The fourth-order valence-corrected chi connectivity index (χ4v) is 2.60. The first-order valence-electron chi connectivity index (χ1n) is 6.91. The van der Waals surface area contributed by atoms with Crippen molar-refractivity contribution < 1.29 is 19.6 Å². The molecule has 1 atom stereocenters. The highest BCUT2D eigenvalue weighted by Gasteiger charge is 2.27. The standard InChI is InChI=1S/C14H18N2O5/c1-2-21-14(18)12-8-10(5-6-13(12)16(19)20)15-7-3-4-11(15)9-17/h5-6,8,11,17H,2-4,7,9H2,1H3/t11-/m1/s1. The zero-order valence-electron chi connectivity index (χ0n) is 11.8. The van der Waals surface area contributed by atoms with E-state index in [1.165, 1.54) is 12.1 Å². The lowest BCUT2D eigenvalue weighted by atomic mass is 10.1. The van der Waals surface area contributed by atoms with Crippen molar-refractivity contribution in [3.63, 3.8) is 0 Å². The summed E-state index contributed by atoms with van der Waals surface area (Å²) in [5.41, 5.74) is 0.375. The predicted octanol–water partition coefficient (Wildman–Crippen LogP) is 1.73. The minimum atomic E-state index is -0.703. The zero-order valence-corrected chi connectivity index (χ0v) is 11.8. The third-order valence-electron chi connectivity index (χ3n) is 3.59. The highest BCUT2D eigenvalue weighted by molar-refractivity contribution is 5.95. The van der Waals surface area contributed by atoms with E-state index < -0.39 is 10.9 Å². The molecule has 1 fully saturated rings. The second kappa shape index (κ2) is 6.53. The second-order valence-corrected chi connectivity index (χ2v) is 4.85. The van der Waals surface area contributed by atoms with E-state index in [-0.39, 0.29) is 30.5 Å². The van der Waals surface area contributed by atoms with Gasteiger partial charge < -0.3 is 14.7 Å². The highest BCUT2D eigenvalue weighted by Crippen LogP contribution is 2.30. The van der Waals surface area contributed by atoms with E-state index in [0.717, 1.165) is 19.4 Å². The second-order valence-electron chi connectivity index (χ2n) is 4.85. The maximum absolute atomic E-state index is 11.9. The molecule has 1 aliphatic heterocycles. The quantitative estimate of drug-likeness (QED) is 0.505. The number of benzene rings is 1. The summed E-state index contributed by atoms with van der Waals surface area (Å²) in [7, 11) is 0. The minimum absolute atomic E-state index is 0.0125. The molecule has 0 amide bonds. The third kappa shape index (κ3) is 3.13. The zero-order chi connectivity index (χ0) is 15.4. The Labute approximate surface area is 122 Å². The Morgan fingerprint density at radius 1 is 1.57 bits per heavy atom. The van der Waals surface area contributed by atoms with Gasteiger partial charge in [0.25, 0.3) is 5.69 Å². The normalized spacial score (nSPS) is 17.8. The van der Waals surface area contributed by atoms with Gasteiger partial charge in [-0.1, -0.05) is 0 Å². The highest BCUT2D eigenvalue weighted by atomic mass is 16.6. The van der Waals surface area contributed by atoms with Crippen molar-refractivity contribution in [1.29, 1.82) is 0 Å². The fraction of sp³-hybridized carbons (Fsp3) is 0.500. The average Bonchev–Trinajstić information content (AvgIpc) is 2.95. The number of hydrogen-bond donors (Lipinski definition) is 1. The van der Waals surface area contributed by atoms with E-state index in [1.54, 1.807) is 13.0 Å². The molecule has 114 valence electrons. The van der Waals surface area contributed by atoms with Gasteiger partial charge in [-0.3, -0.25) is 10.1 Å². The molecule has 1 N–H and O–H groups in total. The molecule has 0 aliphatic carbocycles. The van der Waals surface area contributed by atoms with E-state index >= 15 is 0 Å². The van der Waals surface area contributed by atoms with Crippen molar-refractivity contribution in [3.05, 3.63) is 33.9 Å². The maximum atomic E-state index is 11.9. The van der Waals surface area contributed by atoms with Crippen molar-refractivity contribution in [2.75, 3.05) is 24.7 Å². The number of aliphatic hydroxyl groups is 1. The monoisotopic (exact) mass is 294 g/mol. The van der Waals surface area contributed by atoms with Crippen LogP contribution in [0.15, 0.2) is 18.2 Å². The molecule has 0 spiro atoms.